The summed E-state index contributed by atoms with van der Waals surface area (Å²) in [7, 11) is 0. The fourth-order valence-electron chi connectivity index (χ4n) is 1.10. The Hall–Kier alpha value is -1.24. The summed E-state index contributed by atoms with van der Waals surface area (Å²) in [4.78, 5) is 24.1. The van der Waals surface area contributed by atoms with Crippen molar-refractivity contribution in [3.63, 3.8) is 0 Å². The monoisotopic (exact) mass is 230 g/mol. The molecule has 1 aromatic rings. The van der Waals surface area contributed by atoms with Gasteiger partial charge in [-0.3, -0.25) is 9.78 Å². The van der Waals surface area contributed by atoms with Crippen LogP contribution >= 0.6 is 11.8 Å². The first-order chi connectivity index (χ1) is 7.17. The van der Waals surface area contributed by atoms with Crippen molar-refractivity contribution in [3.8, 4) is 0 Å². The molecule has 1 aromatic heterocycles. The van der Waals surface area contributed by atoms with Crippen LogP contribution in [0.4, 0.5) is 5.82 Å². The molecule has 0 spiro atoms. The standard InChI is InChI=1S/C8H14N4O2S/c1-3-5(4-15-2)9-6-7(13)10-8(14)12-11-6/h5H,3-4H2,1-2H3,(H,9,11)(H2,10,12,13,14). The van der Waals surface area contributed by atoms with Gasteiger partial charge in [-0.2, -0.15) is 11.8 Å². The molecule has 1 heterocycles. The van der Waals surface area contributed by atoms with Crippen LogP contribution < -0.4 is 16.6 Å². The highest BCUT2D eigenvalue weighted by Gasteiger charge is 2.08. The molecule has 1 rings (SSSR count). The number of thioether (sulfide) groups is 1. The first kappa shape index (κ1) is 11.8. The maximum absolute atomic E-state index is 11.3. The lowest BCUT2D eigenvalue weighted by molar-refractivity contribution is 0.755. The molecule has 0 saturated heterocycles. The highest BCUT2D eigenvalue weighted by molar-refractivity contribution is 7.98. The zero-order chi connectivity index (χ0) is 11.3. The van der Waals surface area contributed by atoms with Crippen molar-refractivity contribution < 1.29 is 0 Å². The highest BCUT2D eigenvalue weighted by Crippen LogP contribution is 2.05. The van der Waals surface area contributed by atoms with E-state index in [1.54, 1.807) is 11.8 Å². The van der Waals surface area contributed by atoms with Gasteiger partial charge in [0, 0.05) is 11.8 Å². The van der Waals surface area contributed by atoms with Crippen LogP contribution in [0.3, 0.4) is 0 Å². The van der Waals surface area contributed by atoms with Gasteiger partial charge in [0.25, 0.3) is 5.56 Å². The van der Waals surface area contributed by atoms with Gasteiger partial charge < -0.3 is 5.32 Å². The number of hydrogen-bond acceptors (Lipinski definition) is 5. The molecule has 3 N–H and O–H groups in total. The third-order valence-electron chi connectivity index (χ3n) is 1.91. The lowest BCUT2D eigenvalue weighted by Gasteiger charge is -2.14. The average Bonchev–Trinajstić information content (AvgIpc) is 2.21. The van der Waals surface area contributed by atoms with Crippen molar-refractivity contribution in [2.24, 2.45) is 0 Å². The Morgan fingerprint density at radius 3 is 2.80 bits per heavy atom. The normalized spacial score (nSPS) is 12.4. The van der Waals surface area contributed by atoms with Gasteiger partial charge >= 0.3 is 5.69 Å². The molecule has 0 radical (unpaired) electrons. The van der Waals surface area contributed by atoms with E-state index in [4.69, 9.17) is 0 Å². The van der Waals surface area contributed by atoms with Crippen molar-refractivity contribution in [2.75, 3.05) is 17.3 Å². The molecule has 15 heavy (non-hydrogen) atoms. The van der Waals surface area contributed by atoms with Crippen molar-refractivity contribution in [3.05, 3.63) is 20.8 Å². The molecular weight excluding hydrogens is 216 g/mol. The fraction of sp³-hybridized carbons (Fsp3) is 0.625. The van der Waals surface area contributed by atoms with Crippen LogP contribution in [0.15, 0.2) is 9.59 Å². The van der Waals surface area contributed by atoms with E-state index in [1.807, 2.05) is 13.2 Å². The predicted molar refractivity (Wildman–Crippen MR) is 61.6 cm³/mol. The molecule has 6 nitrogen and oxygen atoms in total. The van der Waals surface area contributed by atoms with Gasteiger partial charge in [-0.1, -0.05) is 6.92 Å². The molecule has 0 saturated carbocycles. The minimum absolute atomic E-state index is 0.163. The Kier molecular flexibility index (Phi) is 4.41. The number of anilines is 1. The van der Waals surface area contributed by atoms with Crippen molar-refractivity contribution in [2.45, 2.75) is 19.4 Å². The predicted octanol–water partition coefficient (Wildman–Crippen LogP) is 0.0117. The second-order valence-electron chi connectivity index (χ2n) is 3.06. The SMILES string of the molecule is CCC(CSC)Nc1n[nH]c(=O)[nH]c1=O. The van der Waals surface area contributed by atoms with Crippen LogP contribution in [0.25, 0.3) is 0 Å². The van der Waals surface area contributed by atoms with E-state index in [0.717, 1.165) is 12.2 Å². The summed E-state index contributed by atoms with van der Waals surface area (Å²) in [5, 5.41) is 8.81. The Bertz CT molecular complexity index is 414. The van der Waals surface area contributed by atoms with Crippen molar-refractivity contribution >= 4 is 17.6 Å². The fourth-order valence-corrected chi connectivity index (χ4v) is 1.82. The lowest BCUT2D eigenvalue weighted by atomic mass is 10.2. The van der Waals surface area contributed by atoms with E-state index in [9.17, 15) is 9.59 Å². The molecule has 0 aliphatic rings. The third-order valence-corrected chi connectivity index (χ3v) is 2.65. The van der Waals surface area contributed by atoms with E-state index in [-0.39, 0.29) is 11.9 Å². The topological polar surface area (TPSA) is 90.6 Å². The first-order valence-corrected chi connectivity index (χ1v) is 6.01. The molecule has 0 bridgehead atoms. The van der Waals surface area contributed by atoms with E-state index in [1.165, 1.54) is 0 Å². The van der Waals surface area contributed by atoms with E-state index < -0.39 is 11.2 Å². The second kappa shape index (κ2) is 5.59. The van der Waals surface area contributed by atoms with Crippen molar-refractivity contribution in [1.29, 1.82) is 0 Å². The van der Waals surface area contributed by atoms with Gasteiger partial charge in [0.15, 0.2) is 0 Å². The quantitative estimate of drug-likeness (QED) is 0.663. The Morgan fingerprint density at radius 1 is 1.53 bits per heavy atom. The van der Waals surface area contributed by atoms with Gasteiger partial charge in [-0.05, 0) is 12.7 Å². The molecule has 1 unspecified atom stereocenters. The number of nitrogens with zero attached hydrogens (tertiary/aromatic N) is 1. The molecule has 0 fully saturated rings. The summed E-state index contributed by atoms with van der Waals surface area (Å²) in [6.07, 6.45) is 2.88. The molecule has 84 valence electrons. The summed E-state index contributed by atoms with van der Waals surface area (Å²) in [5.41, 5.74) is -1.08. The number of rotatable bonds is 5. The van der Waals surface area contributed by atoms with Gasteiger partial charge in [0.05, 0.1) is 0 Å². The van der Waals surface area contributed by atoms with Crippen LogP contribution in [0.1, 0.15) is 13.3 Å². The average molecular weight is 230 g/mol. The largest absolute Gasteiger partial charge is 0.361 e. The van der Waals surface area contributed by atoms with Crippen LogP contribution in [-0.4, -0.2) is 33.2 Å². The first-order valence-electron chi connectivity index (χ1n) is 4.61. The summed E-state index contributed by atoms with van der Waals surface area (Å²) in [6, 6.07) is 0.180. The van der Waals surface area contributed by atoms with Gasteiger partial charge in [-0.25, -0.2) is 9.89 Å². The van der Waals surface area contributed by atoms with Crippen LogP contribution in [0.2, 0.25) is 0 Å². The summed E-state index contributed by atoms with van der Waals surface area (Å²) < 4.78 is 0. The van der Waals surface area contributed by atoms with Gasteiger partial charge in [-0.15, -0.1) is 5.10 Å². The number of nitrogens with one attached hydrogen (secondary N) is 3. The summed E-state index contributed by atoms with van der Waals surface area (Å²) in [6.45, 7) is 2.02. The summed E-state index contributed by atoms with van der Waals surface area (Å²) >= 11 is 1.69. The Morgan fingerprint density at radius 2 is 2.27 bits per heavy atom. The Labute approximate surface area is 90.9 Å². The van der Waals surface area contributed by atoms with Crippen LogP contribution in [0, 0.1) is 0 Å². The maximum Gasteiger partial charge on any atom is 0.342 e. The molecule has 7 heteroatoms. The van der Waals surface area contributed by atoms with E-state index in [2.05, 4.69) is 20.5 Å². The smallest absolute Gasteiger partial charge is 0.342 e. The second-order valence-corrected chi connectivity index (χ2v) is 3.97. The maximum atomic E-state index is 11.3. The number of hydrogen-bond donors (Lipinski definition) is 3. The van der Waals surface area contributed by atoms with E-state index in [0.29, 0.717) is 0 Å². The zero-order valence-corrected chi connectivity index (χ0v) is 9.48. The number of aromatic amines is 2. The minimum Gasteiger partial charge on any atom is -0.361 e. The lowest BCUT2D eigenvalue weighted by Crippen LogP contribution is -2.31. The van der Waals surface area contributed by atoms with Gasteiger partial charge in [0.1, 0.15) is 0 Å². The number of aromatic nitrogens is 3. The molecule has 1 atom stereocenters. The summed E-state index contributed by atoms with van der Waals surface area (Å²) in [5.74, 6) is 1.05. The van der Waals surface area contributed by atoms with E-state index >= 15 is 0 Å². The van der Waals surface area contributed by atoms with Crippen LogP contribution in [-0.2, 0) is 0 Å². The molecule has 0 amide bonds. The molecule has 0 aromatic carbocycles. The highest BCUT2D eigenvalue weighted by atomic mass is 32.2. The molecule has 0 aliphatic carbocycles. The Balaban J connectivity index is 2.79. The molecule has 0 aliphatic heterocycles. The minimum atomic E-state index is -0.594. The molecular formula is C8H14N4O2S. The van der Waals surface area contributed by atoms with Crippen LogP contribution in [0.5, 0.6) is 0 Å². The zero-order valence-electron chi connectivity index (χ0n) is 8.66. The third kappa shape index (κ3) is 3.43. The van der Waals surface area contributed by atoms with Crippen molar-refractivity contribution in [1.82, 2.24) is 15.2 Å². The van der Waals surface area contributed by atoms with Gasteiger partial charge in [0.2, 0.25) is 5.82 Å². The number of H-pyrrole nitrogens is 2.